The molecule has 7 atom stereocenters. The fourth-order valence-corrected chi connectivity index (χ4v) is 7.92. The minimum atomic E-state index is -0.531. The molecule has 1 aromatic rings. The Hall–Kier alpha value is -2.14. The number of hydrogen-bond acceptors (Lipinski definition) is 4. The van der Waals surface area contributed by atoms with Crippen LogP contribution in [-0.2, 0) is 19.1 Å². The van der Waals surface area contributed by atoms with Crippen molar-refractivity contribution in [2.45, 2.75) is 102 Å². The highest BCUT2D eigenvalue weighted by molar-refractivity contribution is 5.87. The monoisotopic (exact) mass is 479 g/mol. The molecule has 5 rings (SSSR count). The van der Waals surface area contributed by atoms with Crippen molar-refractivity contribution in [3.8, 4) is 0 Å². The summed E-state index contributed by atoms with van der Waals surface area (Å²) in [6.07, 6.45) is 12.3. The molecule has 190 valence electrons. The van der Waals surface area contributed by atoms with Crippen LogP contribution in [0.1, 0.15) is 84.1 Å². The van der Waals surface area contributed by atoms with E-state index >= 15 is 0 Å². The van der Waals surface area contributed by atoms with E-state index in [9.17, 15) is 9.59 Å². The van der Waals surface area contributed by atoms with Gasteiger partial charge >= 0.3 is 5.97 Å². The maximum atomic E-state index is 13.2. The Morgan fingerprint density at radius 2 is 1.86 bits per heavy atom. The summed E-state index contributed by atoms with van der Waals surface area (Å²) in [4.78, 5) is 25.8. The number of carbonyl (C=O) groups is 2. The molecule has 2 bridgehead atoms. The maximum absolute atomic E-state index is 13.2. The van der Waals surface area contributed by atoms with E-state index in [4.69, 9.17) is 9.47 Å². The average molecular weight is 480 g/mol. The first kappa shape index (κ1) is 24.5. The van der Waals surface area contributed by atoms with Crippen LogP contribution >= 0.6 is 0 Å². The Morgan fingerprint density at radius 1 is 1.11 bits per heavy atom. The Kier molecular flexibility index (Phi) is 6.82. The smallest absolute Gasteiger partial charge is 0.331 e. The summed E-state index contributed by atoms with van der Waals surface area (Å²) < 4.78 is 13.6. The van der Waals surface area contributed by atoms with Crippen molar-refractivity contribution >= 4 is 18.0 Å². The molecule has 0 spiro atoms. The molecular formula is C30H41NO4. The van der Waals surface area contributed by atoms with Gasteiger partial charge in [0.25, 0.3) is 0 Å². The summed E-state index contributed by atoms with van der Waals surface area (Å²) in [6, 6.07) is 9.82. The van der Waals surface area contributed by atoms with Crippen LogP contribution in [0.15, 0.2) is 36.4 Å². The van der Waals surface area contributed by atoms with Gasteiger partial charge in [-0.3, -0.25) is 4.79 Å². The second-order valence-electron chi connectivity index (χ2n) is 11.6. The van der Waals surface area contributed by atoms with Crippen LogP contribution in [-0.4, -0.2) is 35.2 Å². The Bertz CT molecular complexity index is 954. The second kappa shape index (κ2) is 9.72. The number of amides is 1. The predicted molar refractivity (Wildman–Crippen MR) is 136 cm³/mol. The second-order valence-corrected chi connectivity index (χ2v) is 11.6. The summed E-state index contributed by atoms with van der Waals surface area (Å²) in [5.74, 6) is 1.13. The maximum Gasteiger partial charge on any atom is 0.331 e. The highest BCUT2D eigenvalue weighted by atomic mass is 16.6. The van der Waals surface area contributed by atoms with Crippen molar-refractivity contribution in [1.29, 1.82) is 0 Å². The lowest BCUT2D eigenvalue weighted by Gasteiger charge is -2.54. The molecule has 1 amide bonds. The Morgan fingerprint density at radius 3 is 2.57 bits per heavy atom. The number of esters is 1. The number of fused-ring (bicyclic) bond motifs is 4. The van der Waals surface area contributed by atoms with Crippen LogP contribution in [0.25, 0.3) is 6.08 Å². The lowest BCUT2D eigenvalue weighted by Crippen LogP contribution is -2.63. The molecule has 1 aromatic carbocycles. The molecule has 2 aliphatic carbocycles. The van der Waals surface area contributed by atoms with Gasteiger partial charge in [-0.2, -0.15) is 0 Å². The number of hydrogen-bond donors (Lipinski definition) is 1. The van der Waals surface area contributed by atoms with Gasteiger partial charge in [0.05, 0.1) is 11.6 Å². The number of nitrogens with one attached hydrogen (secondary N) is 1. The quantitative estimate of drug-likeness (QED) is 0.421. The van der Waals surface area contributed by atoms with Crippen LogP contribution in [0, 0.1) is 23.7 Å². The van der Waals surface area contributed by atoms with Crippen molar-refractivity contribution < 1.29 is 19.1 Å². The molecule has 5 nitrogen and oxygen atoms in total. The highest BCUT2D eigenvalue weighted by Gasteiger charge is 2.72. The molecular weight excluding hydrogens is 438 g/mol. The lowest BCUT2D eigenvalue weighted by atomic mass is 9.66. The van der Waals surface area contributed by atoms with Crippen LogP contribution < -0.4 is 5.32 Å². The molecule has 4 aliphatic rings. The minimum absolute atomic E-state index is 0.0433. The third-order valence-corrected chi connectivity index (χ3v) is 9.65. The predicted octanol–water partition coefficient (Wildman–Crippen LogP) is 5.68. The normalized spacial score (nSPS) is 38.9. The Balaban J connectivity index is 1.50. The number of benzene rings is 1. The number of carbonyl (C=O) groups excluding carboxylic acids is 2. The van der Waals surface area contributed by atoms with E-state index in [0.717, 1.165) is 37.7 Å². The van der Waals surface area contributed by atoms with E-state index in [1.807, 2.05) is 43.3 Å². The van der Waals surface area contributed by atoms with Gasteiger partial charge in [-0.05, 0) is 62.0 Å². The van der Waals surface area contributed by atoms with E-state index in [2.05, 4.69) is 19.2 Å². The third kappa shape index (κ3) is 4.34. The van der Waals surface area contributed by atoms with Gasteiger partial charge in [-0.25, -0.2) is 4.79 Å². The van der Waals surface area contributed by atoms with Crippen molar-refractivity contribution in [2.24, 2.45) is 23.7 Å². The van der Waals surface area contributed by atoms with Crippen molar-refractivity contribution in [2.75, 3.05) is 0 Å². The zero-order valence-electron chi connectivity index (χ0n) is 21.5. The number of rotatable bonds is 6. The summed E-state index contributed by atoms with van der Waals surface area (Å²) >= 11 is 0. The van der Waals surface area contributed by atoms with Gasteiger partial charge in [0.2, 0.25) is 5.91 Å². The molecule has 2 aliphatic heterocycles. The van der Waals surface area contributed by atoms with Gasteiger partial charge in [0.1, 0.15) is 11.7 Å². The SMILES string of the molecule is CCC(=O)N[C@@H]1CC2(C3CCCCC3)OC1(C)[C@@H]1CCC(C)C1[C@@H]2OC(=O)/C=C/c1ccccc1. The molecule has 0 aromatic heterocycles. The summed E-state index contributed by atoms with van der Waals surface area (Å²) in [7, 11) is 0. The van der Waals surface area contributed by atoms with E-state index in [1.54, 1.807) is 6.08 Å². The highest BCUT2D eigenvalue weighted by Crippen LogP contribution is 2.63. The van der Waals surface area contributed by atoms with Crippen LogP contribution in [0.4, 0.5) is 0 Å². The molecule has 2 saturated carbocycles. The van der Waals surface area contributed by atoms with Gasteiger partial charge < -0.3 is 14.8 Å². The van der Waals surface area contributed by atoms with Crippen molar-refractivity contribution in [1.82, 2.24) is 5.32 Å². The summed E-state index contributed by atoms with van der Waals surface area (Å²) in [5.41, 5.74) is 0.0337. The molecule has 4 unspecified atom stereocenters. The zero-order valence-corrected chi connectivity index (χ0v) is 21.5. The van der Waals surface area contributed by atoms with E-state index in [-0.39, 0.29) is 35.9 Å². The van der Waals surface area contributed by atoms with E-state index < -0.39 is 11.2 Å². The molecule has 1 N–H and O–H groups in total. The van der Waals surface area contributed by atoms with Gasteiger partial charge in [-0.1, -0.05) is 63.4 Å². The Labute approximate surface area is 210 Å². The fourth-order valence-electron chi connectivity index (χ4n) is 7.92. The molecule has 4 fully saturated rings. The number of ether oxygens (including phenoxy) is 2. The molecule has 5 heteroatoms. The first-order chi connectivity index (χ1) is 16.9. The fraction of sp³-hybridized carbons (Fsp3) is 0.667. The van der Waals surface area contributed by atoms with E-state index in [1.165, 1.54) is 19.3 Å². The minimum Gasteiger partial charge on any atom is -0.456 e. The van der Waals surface area contributed by atoms with Gasteiger partial charge in [0.15, 0.2) is 0 Å². The van der Waals surface area contributed by atoms with E-state index in [0.29, 0.717) is 18.3 Å². The molecule has 35 heavy (non-hydrogen) atoms. The molecule has 2 heterocycles. The molecule has 2 saturated heterocycles. The van der Waals surface area contributed by atoms with Crippen LogP contribution in [0.2, 0.25) is 0 Å². The first-order valence-corrected chi connectivity index (χ1v) is 13.8. The van der Waals surface area contributed by atoms with Crippen LogP contribution in [0.5, 0.6) is 0 Å². The lowest BCUT2D eigenvalue weighted by molar-refractivity contribution is -0.265. The van der Waals surface area contributed by atoms with Crippen LogP contribution in [0.3, 0.4) is 0 Å². The van der Waals surface area contributed by atoms with Gasteiger partial charge in [-0.15, -0.1) is 0 Å². The molecule has 0 radical (unpaired) electrons. The first-order valence-electron chi connectivity index (χ1n) is 13.8. The van der Waals surface area contributed by atoms with Crippen molar-refractivity contribution in [3.05, 3.63) is 42.0 Å². The largest absolute Gasteiger partial charge is 0.456 e. The third-order valence-electron chi connectivity index (χ3n) is 9.65. The standard InChI is InChI=1S/C30H41NO4/c1-4-25(32)31-24-19-30(22-13-9-6-10-14-22)28(27-20(2)15-17-23(27)29(24,3)35-30)34-26(33)18-16-21-11-7-5-8-12-21/h5,7-8,11-12,16,18,20,22-24,27-28H,4,6,9-10,13-15,17,19H2,1-3H3,(H,31,32)/b18-16+/t20?,23-,24-,27?,28+,29?,30?/m1/s1. The summed E-state index contributed by atoms with van der Waals surface area (Å²) in [6.45, 7) is 6.44. The average Bonchev–Trinajstić information content (AvgIpc) is 3.39. The van der Waals surface area contributed by atoms with Crippen molar-refractivity contribution in [3.63, 3.8) is 0 Å². The summed E-state index contributed by atoms with van der Waals surface area (Å²) in [5, 5.41) is 3.33. The zero-order chi connectivity index (χ0) is 24.6. The topological polar surface area (TPSA) is 64.6 Å². The van der Waals surface area contributed by atoms with Gasteiger partial charge in [0, 0.05) is 24.8 Å².